The summed E-state index contributed by atoms with van der Waals surface area (Å²) in [5.74, 6) is 0. The molecular formula is C19H29N3O. The maximum atomic E-state index is 6.14. The number of rotatable bonds is 3. The molecule has 0 unspecified atom stereocenters. The van der Waals surface area contributed by atoms with Gasteiger partial charge in [-0.3, -0.25) is 9.97 Å². The van der Waals surface area contributed by atoms with Crippen LogP contribution in [0.1, 0.15) is 57.1 Å². The highest BCUT2D eigenvalue weighted by molar-refractivity contribution is 5.01. The van der Waals surface area contributed by atoms with E-state index in [1.807, 2.05) is 6.20 Å². The second-order valence-electron chi connectivity index (χ2n) is 7.87. The molecule has 1 aliphatic carbocycles. The number of likely N-dealkylation sites (tertiary alicyclic amines) is 1. The lowest BCUT2D eigenvalue weighted by molar-refractivity contribution is 0.0422. The van der Waals surface area contributed by atoms with Crippen LogP contribution in [0.25, 0.3) is 0 Å². The highest BCUT2D eigenvalue weighted by atomic mass is 16.5. The third kappa shape index (κ3) is 3.58. The van der Waals surface area contributed by atoms with Gasteiger partial charge in [-0.25, -0.2) is 0 Å². The number of aromatic nitrogens is 2. The van der Waals surface area contributed by atoms with E-state index in [-0.39, 0.29) is 0 Å². The van der Waals surface area contributed by atoms with Crippen molar-refractivity contribution in [1.82, 2.24) is 14.9 Å². The molecule has 126 valence electrons. The first kappa shape index (κ1) is 15.5. The molecule has 1 atom stereocenters. The number of hydrogen-bond acceptors (Lipinski definition) is 4. The van der Waals surface area contributed by atoms with Crippen molar-refractivity contribution in [2.45, 2.75) is 69.9 Å². The SMILES string of the molecule is c1cnc(C[C@@H]2CC3(CCN(C4CCCCC4)CC3)CO2)cn1. The van der Waals surface area contributed by atoms with Gasteiger partial charge < -0.3 is 9.64 Å². The van der Waals surface area contributed by atoms with E-state index in [0.717, 1.165) is 24.8 Å². The molecule has 1 aromatic heterocycles. The summed E-state index contributed by atoms with van der Waals surface area (Å²) in [6.45, 7) is 3.52. The molecule has 0 radical (unpaired) electrons. The Kier molecular flexibility index (Phi) is 4.63. The Morgan fingerprint density at radius 3 is 2.70 bits per heavy atom. The second kappa shape index (κ2) is 6.86. The minimum Gasteiger partial charge on any atom is -0.377 e. The fourth-order valence-electron chi connectivity index (χ4n) is 4.85. The van der Waals surface area contributed by atoms with Gasteiger partial charge in [0.2, 0.25) is 0 Å². The van der Waals surface area contributed by atoms with Crippen molar-refractivity contribution in [3.63, 3.8) is 0 Å². The van der Waals surface area contributed by atoms with Gasteiger partial charge in [0.15, 0.2) is 0 Å². The maximum absolute atomic E-state index is 6.14. The Balaban J connectivity index is 1.29. The van der Waals surface area contributed by atoms with Crippen molar-refractivity contribution < 1.29 is 4.74 Å². The van der Waals surface area contributed by atoms with Gasteiger partial charge in [0.05, 0.1) is 18.4 Å². The summed E-state index contributed by atoms with van der Waals surface area (Å²) in [6, 6.07) is 0.874. The molecule has 3 heterocycles. The van der Waals surface area contributed by atoms with E-state index in [0.29, 0.717) is 11.5 Å². The number of hydrogen-bond donors (Lipinski definition) is 0. The summed E-state index contributed by atoms with van der Waals surface area (Å²) in [7, 11) is 0. The predicted octanol–water partition coefficient (Wildman–Crippen LogP) is 3.22. The van der Waals surface area contributed by atoms with Crippen LogP contribution in [0, 0.1) is 5.41 Å². The first-order valence-corrected chi connectivity index (χ1v) is 9.44. The van der Waals surface area contributed by atoms with Crippen molar-refractivity contribution in [2.24, 2.45) is 5.41 Å². The Hall–Kier alpha value is -1.00. The minimum atomic E-state index is 0.341. The summed E-state index contributed by atoms with van der Waals surface area (Å²) >= 11 is 0. The fraction of sp³-hybridized carbons (Fsp3) is 0.789. The molecule has 1 saturated carbocycles. The minimum absolute atomic E-state index is 0.341. The molecular weight excluding hydrogens is 286 g/mol. The summed E-state index contributed by atoms with van der Waals surface area (Å²) in [5, 5.41) is 0. The molecule has 4 nitrogen and oxygen atoms in total. The number of ether oxygens (including phenoxy) is 1. The van der Waals surface area contributed by atoms with Crippen molar-refractivity contribution in [3.8, 4) is 0 Å². The molecule has 4 rings (SSSR count). The van der Waals surface area contributed by atoms with Crippen LogP contribution in [0.5, 0.6) is 0 Å². The molecule has 2 saturated heterocycles. The molecule has 2 aliphatic heterocycles. The predicted molar refractivity (Wildman–Crippen MR) is 90.2 cm³/mol. The van der Waals surface area contributed by atoms with Crippen LogP contribution in [-0.4, -0.2) is 46.7 Å². The Morgan fingerprint density at radius 1 is 1.13 bits per heavy atom. The van der Waals surface area contributed by atoms with Crippen LogP contribution >= 0.6 is 0 Å². The topological polar surface area (TPSA) is 38.2 Å². The summed E-state index contributed by atoms with van der Waals surface area (Å²) in [4.78, 5) is 11.3. The molecule has 1 spiro atoms. The Labute approximate surface area is 139 Å². The van der Waals surface area contributed by atoms with Crippen LogP contribution in [0.2, 0.25) is 0 Å². The van der Waals surface area contributed by atoms with Gasteiger partial charge in [0, 0.05) is 31.1 Å². The van der Waals surface area contributed by atoms with Gasteiger partial charge in [-0.15, -0.1) is 0 Å². The van der Waals surface area contributed by atoms with Crippen molar-refractivity contribution in [1.29, 1.82) is 0 Å². The van der Waals surface area contributed by atoms with E-state index in [2.05, 4.69) is 14.9 Å². The largest absolute Gasteiger partial charge is 0.377 e. The monoisotopic (exact) mass is 315 g/mol. The fourth-order valence-corrected chi connectivity index (χ4v) is 4.85. The summed E-state index contributed by atoms with van der Waals surface area (Å²) in [5.41, 5.74) is 1.51. The van der Waals surface area contributed by atoms with E-state index < -0.39 is 0 Å². The van der Waals surface area contributed by atoms with Crippen molar-refractivity contribution in [2.75, 3.05) is 19.7 Å². The lowest BCUT2D eigenvalue weighted by Crippen LogP contribution is -2.46. The van der Waals surface area contributed by atoms with Crippen molar-refractivity contribution in [3.05, 3.63) is 24.3 Å². The standard InChI is InChI=1S/C19H29N3O/c1-2-4-17(5-3-1)22-10-6-19(7-11-22)13-18(23-15-19)12-16-14-20-8-9-21-16/h8-9,14,17-18H,1-7,10-13,15H2/t18-/m1/s1. The molecule has 0 aromatic carbocycles. The highest BCUT2D eigenvalue weighted by Crippen LogP contribution is 2.43. The van der Waals surface area contributed by atoms with E-state index >= 15 is 0 Å². The number of nitrogens with zero attached hydrogens (tertiary/aromatic N) is 3. The molecule has 3 aliphatic rings. The first-order chi connectivity index (χ1) is 11.3. The van der Waals surface area contributed by atoms with Crippen LogP contribution in [0.15, 0.2) is 18.6 Å². The van der Waals surface area contributed by atoms with E-state index in [4.69, 9.17) is 4.74 Å². The Morgan fingerprint density at radius 2 is 1.96 bits per heavy atom. The molecule has 0 amide bonds. The van der Waals surface area contributed by atoms with Gasteiger partial charge in [0.25, 0.3) is 0 Å². The van der Waals surface area contributed by atoms with Gasteiger partial charge in [-0.1, -0.05) is 19.3 Å². The molecule has 1 aromatic rings. The quantitative estimate of drug-likeness (QED) is 0.858. The van der Waals surface area contributed by atoms with Gasteiger partial charge in [-0.05, 0) is 50.6 Å². The van der Waals surface area contributed by atoms with Crippen LogP contribution in [0.3, 0.4) is 0 Å². The summed E-state index contributed by atoms with van der Waals surface area (Å²) in [6.07, 6.45) is 17.7. The zero-order valence-electron chi connectivity index (χ0n) is 14.1. The molecule has 0 N–H and O–H groups in total. The van der Waals surface area contributed by atoms with Gasteiger partial charge in [-0.2, -0.15) is 0 Å². The zero-order valence-corrected chi connectivity index (χ0v) is 14.1. The normalized spacial score (nSPS) is 29.1. The third-order valence-corrected chi connectivity index (χ3v) is 6.29. The Bertz CT molecular complexity index is 493. The van der Waals surface area contributed by atoms with Crippen LogP contribution in [-0.2, 0) is 11.2 Å². The van der Waals surface area contributed by atoms with E-state index in [1.165, 1.54) is 64.5 Å². The average molecular weight is 315 g/mol. The molecule has 0 bridgehead atoms. The molecule has 23 heavy (non-hydrogen) atoms. The molecule has 4 heteroatoms. The maximum Gasteiger partial charge on any atom is 0.0637 e. The van der Waals surface area contributed by atoms with E-state index in [1.54, 1.807) is 12.4 Å². The van der Waals surface area contributed by atoms with E-state index in [9.17, 15) is 0 Å². The third-order valence-electron chi connectivity index (χ3n) is 6.29. The highest BCUT2D eigenvalue weighted by Gasteiger charge is 2.43. The van der Waals surface area contributed by atoms with Gasteiger partial charge in [0.1, 0.15) is 0 Å². The lowest BCUT2D eigenvalue weighted by atomic mass is 9.75. The number of piperidine rings is 1. The van der Waals surface area contributed by atoms with Crippen LogP contribution in [0.4, 0.5) is 0 Å². The van der Waals surface area contributed by atoms with Gasteiger partial charge >= 0.3 is 0 Å². The lowest BCUT2D eigenvalue weighted by Gasteiger charge is -2.43. The van der Waals surface area contributed by atoms with Crippen LogP contribution < -0.4 is 0 Å². The van der Waals surface area contributed by atoms with Crippen molar-refractivity contribution >= 4 is 0 Å². The average Bonchev–Trinajstić information content (AvgIpc) is 2.99. The zero-order chi connectivity index (χ0) is 15.5. The summed E-state index contributed by atoms with van der Waals surface area (Å²) < 4.78 is 6.14. The molecule has 3 fully saturated rings. The second-order valence-corrected chi connectivity index (χ2v) is 7.87. The first-order valence-electron chi connectivity index (χ1n) is 9.44. The smallest absolute Gasteiger partial charge is 0.0637 e.